The van der Waals surface area contributed by atoms with Crippen molar-refractivity contribution in [3.63, 3.8) is 0 Å². The molecule has 0 fully saturated rings. The van der Waals surface area contributed by atoms with Crippen LogP contribution in [0.3, 0.4) is 0 Å². The molecule has 0 radical (unpaired) electrons. The quantitative estimate of drug-likeness (QED) is 0.908. The van der Waals surface area contributed by atoms with Crippen molar-refractivity contribution >= 4 is 23.2 Å². The second kappa shape index (κ2) is 5.84. The van der Waals surface area contributed by atoms with Crippen LogP contribution < -0.4 is 10.1 Å². The highest BCUT2D eigenvalue weighted by Gasteiger charge is 2.12. The number of phenolic OH excluding ortho intramolecular Hbond substituents is 1. The SMILES string of the molecule is COc1ccc(NC(=O)c2ccc(C)cc2O)cc1Cl. The van der Waals surface area contributed by atoms with Gasteiger partial charge >= 0.3 is 0 Å². The largest absolute Gasteiger partial charge is 0.507 e. The van der Waals surface area contributed by atoms with Gasteiger partial charge in [0.2, 0.25) is 0 Å². The van der Waals surface area contributed by atoms with Crippen LogP contribution in [0.5, 0.6) is 11.5 Å². The third kappa shape index (κ3) is 3.03. The molecule has 2 rings (SSSR count). The molecular weight excluding hydrogens is 278 g/mol. The third-order valence-electron chi connectivity index (χ3n) is 2.81. The van der Waals surface area contributed by atoms with E-state index < -0.39 is 5.91 Å². The van der Waals surface area contributed by atoms with E-state index in [9.17, 15) is 9.90 Å². The Kier molecular flexibility index (Phi) is 4.15. The van der Waals surface area contributed by atoms with Gasteiger partial charge in [0.1, 0.15) is 11.5 Å². The Hall–Kier alpha value is -2.20. The van der Waals surface area contributed by atoms with Gasteiger partial charge in [-0.2, -0.15) is 0 Å². The molecule has 0 bridgehead atoms. The summed E-state index contributed by atoms with van der Waals surface area (Å²) < 4.78 is 5.04. The fourth-order valence-electron chi connectivity index (χ4n) is 1.78. The lowest BCUT2D eigenvalue weighted by atomic mass is 10.1. The molecule has 0 saturated heterocycles. The van der Waals surface area contributed by atoms with Gasteiger partial charge in [0, 0.05) is 5.69 Å². The summed E-state index contributed by atoms with van der Waals surface area (Å²) in [7, 11) is 1.52. The molecule has 0 saturated carbocycles. The van der Waals surface area contributed by atoms with Crippen molar-refractivity contribution in [2.45, 2.75) is 6.92 Å². The van der Waals surface area contributed by atoms with Gasteiger partial charge in [-0.25, -0.2) is 0 Å². The first kappa shape index (κ1) is 14.2. The predicted octanol–water partition coefficient (Wildman–Crippen LogP) is 3.61. The lowest BCUT2D eigenvalue weighted by molar-refractivity contribution is 0.102. The van der Waals surface area contributed by atoms with Crippen molar-refractivity contribution < 1.29 is 14.6 Å². The first-order valence-electron chi connectivity index (χ1n) is 5.96. The molecule has 5 heteroatoms. The van der Waals surface area contributed by atoms with Crippen LogP contribution in [0.1, 0.15) is 15.9 Å². The number of aromatic hydroxyl groups is 1. The summed E-state index contributed by atoms with van der Waals surface area (Å²) in [6, 6.07) is 9.79. The normalized spacial score (nSPS) is 10.2. The number of benzene rings is 2. The number of phenols is 1. The topological polar surface area (TPSA) is 58.6 Å². The van der Waals surface area contributed by atoms with Crippen LogP contribution in [-0.2, 0) is 0 Å². The standard InChI is InChI=1S/C15H14ClNO3/c1-9-3-5-11(13(18)7-9)15(19)17-10-4-6-14(20-2)12(16)8-10/h3-8,18H,1-2H3,(H,17,19). The number of ether oxygens (including phenoxy) is 1. The van der Waals surface area contributed by atoms with Gasteiger partial charge in [-0.1, -0.05) is 17.7 Å². The first-order valence-corrected chi connectivity index (χ1v) is 6.33. The van der Waals surface area contributed by atoms with Crippen molar-refractivity contribution in [1.82, 2.24) is 0 Å². The van der Waals surface area contributed by atoms with Gasteiger partial charge in [-0.15, -0.1) is 0 Å². The number of hydrogen-bond acceptors (Lipinski definition) is 3. The molecule has 0 spiro atoms. The van der Waals surface area contributed by atoms with Gasteiger partial charge in [-0.05, 0) is 42.8 Å². The molecular formula is C15H14ClNO3. The Morgan fingerprint density at radius 3 is 2.60 bits per heavy atom. The van der Waals surface area contributed by atoms with Crippen LogP contribution >= 0.6 is 11.6 Å². The number of amides is 1. The average Bonchev–Trinajstić information content (AvgIpc) is 2.38. The van der Waals surface area contributed by atoms with E-state index in [1.54, 1.807) is 30.3 Å². The van der Waals surface area contributed by atoms with E-state index in [1.165, 1.54) is 13.2 Å². The average molecular weight is 292 g/mol. The highest BCUT2D eigenvalue weighted by atomic mass is 35.5. The van der Waals surface area contributed by atoms with Crippen LogP contribution in [0.15, 0.2) is 36.4 Å². The number of methoxy groups -OCH3 is 1. The first-order chi connectivity index (χ1) is 9.51. The van der Waals surface area contributed by atoms with Crippen LogP contribution in [0.4, 0.5) is 5.69 Å². The van der Waals surface area contributed by atoms with E-state index in [1.807, 2.05) is 6.92 Å². The predicted molar refractivity (Wildman–Crippen MR) is 78.8 cm³/mol. The Labute approximate surface area is 122 Å². The van der Waals surface area contributed by atoms with E-state index in [2.05, 4.69) is 5.32 Å². The minimum absolute atomic E-state index is 0.0536. The summed E-state index contributed by atoms with van der Waals surface area (Å²) >= 11 is 5.99. The maximum absolute atomic E-state index is 12.1. The number of aryl methyl sites for hydroxylation is 1. The van der Waals surface area contributed by atoms with Gasteiger partial charge in [0.15, 0.2) is 0 Å². The van der Waals surface area contributed by atoms with Crippen LogP contribution in [0.2, 0.25) is 5.02 Å². The molecule has 2 aromatic rings. The molecule has 2 N–H and O–H groups in total. The number of carbonyl (C=O) groups is 1. The number of rotatable bonds is 3. The molecule has 0 aliphatic carbocycles. The summed E-state index contributed by atoms with van der Waals surface area (Å²) in [5, 5.41) is 12.8. The number of nitrogens with one attached hydrogen (secondary N) is 1. The monoisotopic (exact) mass is 291 g/mol. The molecule has 0 heterocycles. The molecule has 2 aromatic carbocycles. The van der Waals surface area contributed by atoms with Gasteiger partial charge in [0.25, 0.3) is 5.91 Å². The summed E-state index contributed by atoms with van der Waals surface area (Å²) in [6.07, 6.45) is 0. The second-order valence-corrected chi connectivity index (χ2v) is 4.73. The van der Waals surface area contributed by atoms with Crippen molar-refractivity contribution in [1.29, 1.82) is 0 Å². The fraction of sp³-hybridized carbons (Fsp3) is 0.133. The Morgan fingerprint density at radius 2 is 2.00 bits per heavy atom. The van der Waals surface area contributed by atoms with Crippen LogP contribution in [0.25, 0.3) is 0 Å². The zero-order valence-corrected chi connectivity index (χ0v) is 11.9. The Bertz CT molecular complexity index is 656. The van der Waals surface area contributed by atoms with Gasteiger partial charge in [0.05, 0.1) is 17.7 Å². The molecule has 104 valence electrons. The molecule has 20 heavy (non-hydrogen) atoms. The maximum atomic E-state index is 12.1. The van der Waals surface area contributed by atoms with E-state index in [0.29, 0.717) is 16.5 Å². The Balaban J connectivity index is 2.21. The molecule has 0 unspecified atom stereocenters. The lowest BCUT2D eigenvalue weighted by Gasteiger charge is -2.09. The van der Waals surface area contributed by atoms with E-state index >= 15 is 0 Å². The van der Waals surface area contributed by atoms with E-state index in [-0.39, 0.29) is 11.3 Å². The van der Waals surface area contributed by atoms with Crippen molar-refractivity contribution in [2.24, 2.45) is 0 Å². The number of anilines is 1. The number of halogens is 1. The summed E-state index contributed by atoms with van der Waals surface area (Å²) in [5.74, 6) is 0.0775. The zero-order chi connectivity index (χ0) is 14.7. The van der Waals surface area contributed by atoms with Crippen molar-refractivity contribution in [3.05, 3.63) is 52.5 Å². The van der Waals surface area contributed by atoms with Gasteiger partial charge in [-0.3, -0.25) is 4.79 Å². The minimum Gasteiger partial charge on any atom is -0.507 e. The van der Waals surface area contributed by atoms with E-state index in [4.69, 9.17) is 16.3 Å². The highest BCUT2D eigenvalue weighted by molar-refractivity contribution is 6.32. The molecule has 0 aromatic heterocycles. The van der Waals surface area contributed by atoms with Gasteiger partial charge < -0.3 is 15.2 Å². The van der Waals surface area contributed by atoms with E-state index in [0.717, 1.165) is 5.56 Å². The zero-order valence-electron chi connectivity index (χ0n) is 11.1. The number of hydrogen-bond donors (Lipinski definition) is 2. The van der Waals surface area contributed by atoms with Crippen LogP contribution in [0, 0.1) is 6.92 Å². The maximum Gasteiger partial charge on any atom is 0.259 e. The molecule has 1 amide bonds. The molecule has 4 nitrogen and oxygen atoms in total. The molecule has 0 aliphatic heterocycles. The van der Waals surface area contributed by atoms with Crippen LogP contribution in [-0.4, -0.2) is 18.1 Å². The smallest absolute Gasteiger partial charge is 0.259 e. The number of carbonyl (C=O) groups excluding carboxylic acids is 1. The minimum atomic E-state index is -0.399. The summed E-state index contributed by atoms with van der Waals surface area (Å²) in [5.41, 5.74) is 1.62. The van der Waals surface area contributed by atoms with Crippen molar-refractivity contribution in [3.8, 4) is 11.5 Å². The fourth-order valence-corrected chi connectivity index (χ4v) is 2.03. The van der Waals surface area contributed by atoms with Crippen molar-refractivity contribution in [2.75, 3.05) is 12.4 Å². The highest BCUT2D eigenvalue weighted by Crippen LogP contribution is 2.28. The molecule has 0 atom stereocenters. The summed E-state index contributed by atoms with van der Waals surface area (Å²) in [4.78, 5) is 12.1. The summed E-state index contributed by atoms with van der Waals surface area (Å²) in [6.45, 7) is 1.84. The lowest BCUT2D eigenvalue weighted by Crippen LogP contribution is -2.12. The second-order valence-electron chi connectivity index (χ2n) is 4.32. The third-order valence-corrected chi connectivity index (χ3v) is 3.10. The Morgan fingerprint density at radius 1 is 1.25 bits per heavy atom. The molecule has 0 aliphatic rings.